The number of hydrogen-bond acceptors (Lipinski definition) is 2. The van der Waals surface area contributed by atoms with Gasteiger partial charge in [-0.2, -0.15) is 5.10 Å². The highest BCUT2D eigenvalue weighted by atomic mass is 16.3. The Hall–Kier alpha value is -1.09. The van der Waals surface area contributed by atoms with E-state index in [1.807, 2.05) is 25.5 Å². The number of aromatic nitrogens is 2. The lowest BCUT2D eigenvalue weighted by molar-refractivity contribution is 0.0751. The van der Waals surface area contributed by atoms with E-state index < -0.39 is 5.60 Å². The zero-order valence-corrected chi connectivity index (χ0v) is 8.48. The van der Waals surface area contributed by atoms with Crippen LogP contribution in [0, 0.1) is 0 Å². The molecule has 1 atom stereocenters. The molecule has 0 saturated carbocycles. The van der Waals surface area contributed by atoms with Gasteiger partial charge in [-0.1, -0.05) is 12.2 Å². The van der Waals surface area contributed by atoms with Gasteiger partial charge in [0.1, 0.15) is 0 Å². The van der Waals surface area contributed by atoms with Gasteiger partial charge in [0, 0.05) is 19.7 Å². The molecule has 3 heteroatoms. The second kappa shape index (κ2) is 3.58. The van der Waals surface area contributed by atoms with Crippen molar-refractivity contribution in [1.82, 2.24) is 9.78 Å². The molecule has 0 radical (unpaired) electrons. The van der Waals surface area contributed by atoms with Crippen molar-refractivity contribution in [3.8, 4) is 0 Å². The van der Waals surface area contributed by atoms with Crippen LogP contribution in [0.25, 0.3) is 0 Å². The summed E-state index contributed by atoms with van der Waals surface area (Å²) in [4.78, 5) is 0. The molecule has 1 unspecified atom stereocenters. The second-order valence-corrected chi connectivity index (χ2v) is 4.10. The number of rotatable bonds is 2. The van der Waals surface area contributed by atoms with E-state index in [4.69, 9.17) is 0 Å². The molecule has 0 saturated heterocycles. The molecule has 1 N–H and O–H groups in total. The number of allylic oxidation sites excluding steroid dienone is 1. The normalized spacial score (nSPS) is 26.7. The van der Waals surface area contributed by atoms with Crippen molar-refractivity contribution in [1.29, 1.82) is 0 Å². The summed E-state index contributed by atoms with van der Waals surface area (Å²) in [5, 5.41) is 14.3. The van der Waals surface area contributed by atoms with Crippen LogP contribution >= 0.6 is 0 Å². The highest BCUT2D eigenvalue weighted by Crippen LogP contribution is 2.25. The monoisotopic (exact) mass is 192 g/mol. The number of aliphatic hydroxyl groups is 1. The molecule has 1 aromatic heterocycles. The molecular formula is C11H16N2O. The van der Waals surface area contributed by atoms with E-state index in [1.54, 1.807) is 4.68 Å². The summed E-state index contributed by atoms with van der Waals surface area (Å²) in [6.45, 7) is 0. The summed E-state index contributed by atoms with van der Waals surface area (Å²) in [5.74, 6) is 0. The largest absolute Gasteiger partial charge is 0.385 e. The average Bonchev–Trinajstić information content (AvgIpc) is 2.51. The minimum absolute atomic E-state index is 0.638. The van der Waals surface area contributed by atoms with Crippen LogP contribution in [0.5, 0.6) is 0 Å². The highest BCUT2D eigenvalue weighted by molar-refractivity contribution is 5.15. The molecule has 1 heterocycles. The Morgan fingerprint density at radius 1 is 1.64 bits per heavy atom. The first-order valence-corrected chi connectivity index (χ1v) is 5.06. The highest BCUT2D eigenvalue weighted by Gasteiger charge is 2.25. The lowest BCUT2D eigenvalue weighted by Crippen LogP contribution is -2.30. The topological polar surface area (TPSA) is 38.0 Å². The summed E-state index contributed by atoms with van der Waals surface area (Å²) in [6, 6.07) is 0. The number of aryl methyl sites for hydroxylation is 1. The van der Waals surface area contributed by atoms with E-state index in [0.717, 1.165) is 24.8 Å². The van der Waals surface area contributed by atoms with Crippen molar-refractivity contribution in [2.45, 2.75) is 31.3 Å². The molecular weight excluding hydrogens is 176 g/mol. The van der Waals surface area contributed by atoms with Gasteiger partial charge in [0.2, 0.25) is 0 Å². The van der Waals surface area contributed by atoms with Gasteiger partial charge >= 0.3 is 0 Å². The molecule has 1 aliphatic carbocycles. The van der Waals surface area contributed by atoms with E-state index in [-0.39, 0.29) is 0 Å². The summed E-state index contributed by atoms with van der Waals surface area (Å²) < 4.78 is 1.77. The fraction of sp³-hybridized carbons (Fsp3) is 0.545. The minimum Gasteiger partial charge on any atom is -0.385 e. The Kier molecular flexibility index (Phi) is 2.42. The summed E-state index contributed by atoms with van der Waals surface area (Å²) in [6.07, 6.45) is 11.5. The van der Waals surface area contributed by atoms with Crippen LogP contribution < -0.4 is 0 Å². The van der Waals surface area contributed by atoms with Crippen LogP contribution in [0.1, 0.15) is 24.8 Å². The van der Waals surface area contributed by atoms with E-state index >= 15 is 0 Å². The van der Waals surface area contributed by atoms with E-state index in [0.29, 0.717) is 6.42 Å². The van der Waals surface area contributed by atoms with Crippen molar-refractivity contribution in [2.75, 3.05) is 0 Å². The van der Waals surface area contributed by atoms with Crippen LogP contribution in [-0.4, -0.2) is 20.5 Å². The van der Waals surface area contributed by atoms with E-state index in [9.17, 15) is 5.11 Å². The van der Waals surface area contributed by atoms with Crippen molar-refractivity contribution >= 4 is 0 Å². The van der Waals surface area contributed by atoms with Crippen molar-refractivity contribution in [2.24, 2.45) is 7.05 Å². The van der Waals surface area contributed by atoms with Crippen LogP contribution in [0.3, 0.4) is 0 Å². The number of nitrogens with zero attached hydrogens (tertiary/aromatic N) is 2. The molecule has 0 aliphatic heterocycles. The summed E-state index contributed by atoms with van der Waals surface area (Å²) in [5.41, 5.74) is 0.461. The first-order chi connectivity index (χ1) is 6.68. The van der Waals surface area contributed by atoms with Crippen LogP contribution in [-0.2, 0) is 13.5 Å². The maximum absolute atomic E-state index is 10.2. The first-order valence-electron chi connectivity index (χ1n) is 5.06. The first kappa shape index (κ1) is 9.46. The molecule has 3 nitrogen and oxygen atoms in total. The maximum atomic E-state index is 10.2. The van der Waals surface area contributed by atoms with Crippen molar-refractivity contribution in [3.63, 3.8) is 0 Å². The molecule has 0 aromatic carbocycles. The van der Waals surface area contributed by atoms with Gasteiger partial charge in [-0.25, -0.2) is 0 Å². The van der Waals surface area contributed by atoms with Crippen LogP contribution in [0.2, 0.25) is 0 Å². The van der Waals surface area contributed by atoms with Gasteiger partial charge in [0.25, 0.3) is 0 Å². The minimum atomic E-state index is -0.638. The van der Waals surface area contributed by atoms with E-state index in [1.165, 1.54) is 0 Å². The van der Waals surface area contributed by atoms with Crippen molar-refractivity contribution in [3.05, 3.63) is 30.1 Å². The number of hydrogen-bond donors (Lipinski definition) is 1. The Morgan fingerprint density at radius 3 is 3.07 bits per heavy atom. The molecule has 0 amide bonds. The Labute approximate surface area is 84.1 Å². The molecule has 0 spiro atoms. The van der Waals surface area contributed by atoms with Gasteiger partial charge in [-0.15, -0.1) is 0 Å². The molecule has 76 valence electrons. The fourth-order valence-corrected chi connectivity index (χ4v) is 1.98. The predicted octanol–water partition coefficient (Wildman–Crippen LogP) is 1.43. The van der Waals surface area contributed by atoms with Gasteiger partial charge in [-0.3, -0.25) is 4.68 Å². The lowest BCUT2D eigenvalue weighted by Gasteiger charge is -2.26. The Balaban J connectivity index is 2.09. The lowest BCUT2D eigenvalue weighted by atomic mass is 9.86. The Morgan fingerprint density at radius 2 is 2.50 bits per heavy atom. The third kappa shape index (κ3) is 2.04. The van der Waals surface area contributed by atoms with Gasteiger partial charge in [-0.05, 0) is 24.8 Å². The third-order valence-corrected chi connectivity index (χ3v) is 2.68. The smallest absolute Gasteiger partial charge is 0.0869 e. The van der Waals surface area contributed by atoms with E-state index in [2.05, 4.69) is 11.2 Å². The zero-order chi connectivity index (χ0) is 10.0. The van der Waals surface area contributed by atoms with Crippen molar-refractivity contribution < 1.29 is 5.11 Å². The maximum Gasteiger partial charge on any atom is 0.0869 e. The standard InChI is InChI=1S/C11H16N2O/c1-13-9-10(8-12-13)7-11(14)5-3-2-4-6-11/h3,5,8-9,14H,2,4,6-7H2,1H3. The molecule has 0 bridgehead atoms. The van der Waals surface area contributed by atoms with Crippen LogP contribution in [0.15, 0.2) is 24.5 Å². The fourth-order valence-electron chi connectivity index (χ4n) is 1.98. The van der Waals surface area contributed by atoms with Gasteiger partial charge in [0.05, 0.1) is 11.8 Å². The molecule has 2 rings (SSSR count). The summed E-state index contributed by atoms with van der Waals surface area (Å²) in [7, 11) is 1.89. The Bertz CT molecular complexity index is 343. The molecule has 0 fully saturated rings. The van der Waals surface area contributed by atoms with Gasteiger partial charge in [0.15, 0.2) is 0 Å². The van der Waals surface area contributed by atoms with Crippen LogP contribution in [0.4, 0.5) is 0 Å². The predicted molar refractivity (Wildman–Crippen MR) is 54.9 cm³/mol. The molecule has 1 aliphatic rings. The second-order valence-electron chi connectivity index (χ2n) is 4.10. The SMILES string of the molecule is Cn1cc(CC2(O)C=CCCC2)cn1. The van der Waals surface area contributed by atoms with Gasteiger partial charge < -0.3 is 5.11 Å². The summed E-state index contributed by atoms with van der Waals surface area (Å²) >= 11 is 0. The zero-order valence-electron chi connectivity index (χ0n) is 8.48. The quantitative estimate of drug-likeness (QED) is 0.720. The molecule has 1 aromatic rings. The average molecular weight is 192 g/mol. The molecule has 14 heavy (non-hydrogen) atoms. The third-order valence-electron chi connectivity index (χ3n) is 2.68.